The van der Waals surface area contributed by atoms with Crippen LogP contribution in [0.2, 0.25) is 0 Å². The van der Waals surface area contributed by atoms with Gasteiger partial charge in [-0.3, -0.25) is 19.2 Å². The molecule has 9 atom stereocenters. The Morgan fingerprint density at radius 2 is 1.09 bits per heavy atom. The smallest absolute Gasteiger partial charge is 0.306 e. The number of rotatable bonds is 17. The van der Waals surface area contributed by atoms with Crippen molar-refractivity contribution in [2.75, 3.05) is 19.8 Å². The second kappa shape index (κ2) is 18.4. The summed E-state index contributed by atoms with van der Waals surface area (Å²) in [6, 6.07) is 0. The second-order valence-electron chi connectivity index (χ2n) is 13.9. The maximum atomic E-state index is 12.8. The maximum Gasteiger partial charge on any atom is 0.306 e. The molecule has 2 aliphatic rings. The van der Waals surface area contributed by atoms with Gasteiger partial charge in [-0.25, -0.2) is 0 Å². The Kier molecular flexibility index (Phi) is 16.0. The first-order chi connectivity index (χ1) is 21.9. The molecule has 0 aromatic rings. The normalized spacial score (nSPS) is 31.0. The third kappa shape index (κ3) is 12.2. The number of ether oxygens (including phenoxy) is 7. The van der Waals surface area contributed by atoms with Crippen molar-refractivity contribution >= 4 is 23.9 Å². The zero-order chi connectivity index (χ0) is 35.6. The Bertz CT molecular complexity index is 1030. The van der Waals surface area contributed by atoms with Crippen LogP contribution in [0.5, 0.6) is 0 Å². The summed E-state index contributed by atoms with van der Waals surface area (Å²) in [6.07, 6.45) is -13.2. The molecule has 15 heteroatoms. The summed E-state index contributed by atoms with van der Waals surface area (Å²) in [6.45, 7) is 12.2. The Morgan fingerprint density at radius 3 is 1.55 bits per heavy atom. The molecule has 0 aromatic heterocycles. The fourth-order valence-electron chi connectivity index (χ4n) is 5.05. The highest BCUT2D eigenvalue weighted by atomic mass is 16.8. The molecule has 0 aliphatic carbocycles. The molecular formula is C32H54O15. The van der Waals surface area contributed by atoms with Gasteiger partial charge in [-0.1, -0.05) is 55.4 Å². The van der Waals surface area contributed by atoms with E-state index in [1.54, 1.807) is 27.7 Å². The van der Waals surface area contributed by atoms with Gasteiger partial charge in [-0.2, -0.15) is 0 Å². The Balaban J connectivity index is 2.45. The van der Waals surface area contributed by atoms with E-state index in [2.05, 4.69) is 0 Å². The van der Waals surface area contributed by atoms with E-state index in [-0.39, 0.29) is 49.4 Å². The van der Waals surface area contributed by atoms with Gasteiger partial charge in [0.1, 0.15) is 50.3 Å². The molecule has 0 bridgehead atoms. The van der Waals surface area contributed by atoms with E-state index in [1.165, 1.54) is 0 Å². The van der Waals surface area contributed by atoms with Gasteiger partial charge in [0.15, 0.2) is 12.2 Å². The predicted octanol–water partition coefficient (Wildman–Crippen LogP) is 0.992. The number of aliphatic hydroxyl groups excluding tert-OH is 4. The van der Waals surface area contributed by atoms with Gasteiger partial charge in [0.25, 0.3) is 0 Å². The summed E-state index contributed by atoms with van der Waals surface area (Å²) in [5.41, 5.74) is 0. The van der Waals surface area contributed by atoms with E-state index < -0.39 is 98.5 Å². The summed E-state index contributed by atoms with van der Waals surface area (Å²) in [7, 11) is 0. The number of esters is 4. The molecule has 2 fully saturated rings. The van der Waals surface area contributed by atoms with E-state index in [0.717, 1.165) is 0 Å². The molecule has 0 spiro atoms. The number of hydrogen-bond acceptors (Lipinski definition) is 15. The van der Waals surface area contributed by atoms with Crippen LogP contribution in [0.1, 0.15) is 81.1 Å². The van der Waals surface area contributed by atoms with Crippen molar-refractivity contribution in [1.29, 1.82) is 0 Å². The Morgan fingerprint density at radius 1 is 0.638 bits per heavy atom. The van der Waals surface area contributed by atoms with Crippen molar-refractivity contribution in [2.24, 2.45) is 23.7 Å². The monoisotopic (exact) mass is 678 g/mol. The van der Waals surface area contributed by atoms with Gasteiger partial charge in [-0.15, -0.1) is 0 Å². The van der Waals surface area contributed by atoms with E-state index in [1.807, 2.05) is 27.7 Å². The minimum Gasteiger partial charge on any atom is -0.463 e. The molecular weight excluding hydrogens is 624 g/mol. The van der Waals surface area contributed by atoms with E-state index in [0.29, 0.717) is 0 Å². The largest absolute Gasteiger partial charge is 0.463 e. The Labute approximate surface area is 276 Å². The highest BCUT2D eigenvalue weighted by Gasteiger charge is 2.62. The van der Waals surface area contributed by atoms with Crippen LogP contribution in [0.4, 0.5) is 0 Å². The van der Waals surface area contributed by atoms with Crippen molar-refractivity contribution in [3.8, 4) is 0 Å². The first-order valence-electron chi connectivity index (χ1n) is 16.2. The summed E-state index contributed by atoms with van der Waals surface area (Å²) in [4.78, 5) is 50.0. The minimum atomic E-state index is -2.39. The van der Waals surface area contributed by atoms with Gasteiger partial charge in [-0.05, 0) is 23.7 Å². The molecule has 4 N–H and O–H groups in total. The van der Waals surface area contributed by atoms with Crippen molar-refractivity contribution in [3.05, 3.63) is 0 Å². The first-order valence-corrected chi connectivity index (χ1v) is 16.2. The lowest BCUT2D eigenvalue weighted by atomic mass is 9.98. The van der Waals surface area contributed by atoms with Crippen molar-refractivity contribution in [1.82, 2.24) is 0 Å². The highest BCUT2D eigenvalue weighted by molar-refractivity contribution is 5.71. The number of carbonyl (C=O) groups excluding carboxylic acids is 4. The fraction of sp³-hybridized carbons (Fsp3) is 0.875. The first kappa shape index (κ1) is 40.8. The predicted molar refractivity (Wildman–Crippen MR) is 162 cm³/mol. The summed E-state index contributed by atoms with van der Waals surface area (Å²) in [5, 5.41) is 43.9. The summed E-state index contributed by atoms with van der Waals surface area (Å²) in [5.74, 6) is -5.40. The lowest BCUT2D eigenvalue weighted by molar-refractivity contribution is -0.384. The minimum absolute atomic E-state index is 0.0142. The standard InChI is InChI=1S/C32H54O15/c1-16(2)9-22(34)41-13-20-26(38)28(40)29(44-24(36)11-18(5)6)31(43-20)47-32(15-33)30(45-25(37)12-19(7)8)27(39)21(46-32)14-42-23(35)10-17(3)4/h16-21,26-31,33,38-40H,9-15H2,1-8H3/t20-,21-,26-,27-,28+,29-,30+,31-,32+/m1/s1. The topological polar surface area (TPSA) is 214 Å². The van der Waals surface area contributed by atoms with Gasteiger partial charge in [0, 0.05) is 25.7 Å². The van der Waals surface area contributed by atoms with Crippen LogP contribution in [0.15, 0.2) is 0 Å². The summed E-state index contributed by atoms with van der Waals surface area (Å²) < 4.78 is 39.4. The van der Waals surface area contributed by atoms with Crippen LogP contribution in [0.25, 0.3) is 0 Å². The van der Waals surface area contributed by atoms with Crippen molar-refractivity contribution in [2.45, 2.75) is 136 Å². The number of aliphatic hydroxyl groups is 4. The average Bonchev–Trinajstić information content (AvgIpc) is 3.19. The highest BCUT2D eigenvalue weighted by Crippen LogP contribution is 2.39. The summed E-state index contributed by atoms with van der Waals surface area (Å²) >= 11 is 0. The molecule has 47 heavy (non-hydrogen) atoms. The van der Waals surface area contributed by atoms with E-state index >= 15 is 0 Å². The van der Waals surface area contributed by atoms with E-state index in [9.17, 15) is 39.6 Å². The van der Waals surface area contributed by atoms with Gasteiger partial charge in [0.05, 0.1) is 0 Å². The molecule has 2 heterocycles. The van der Waals surface area contributed by atoms with Crippen molar-refractivity contribution in [3.63, 3.8) is 0 Å². The molecule has 2 rings (SSSR count). The Hall–Kier alpha value is -2.40. The molecule has 0 unspecified atom stereocenters. The number of carbonyl (C=O) groups is 4. The quantitative estimate of drug-likeness (QED) is 0.125. The molecule has 0 saturated carbocycles. The van der Waals surface area contributed by atoms with Gasteiger partial charge >= 0.3 is 23.9 Å². The molecule has 2 saturated heterocycles. The molecule has 0 amide bonds. The zero-order valence-corrected chi connectivity index (χ0v) is 28.7. The SMILES string of the molecule is CC(C)CC(=O)OC[C@H]1O[C@@](CO)(O[C@H]2O[C@H](COC(=O)CC(C)C)[C@@H](O)[C@H](O)[C@H]2OC(=O)CC(C)C)[C@@H](OC(=O)CC(C)C)[C@@H]1O. The molecule has 272 valence electrons. The van der Waals surface area contributed by atoms with Crippen LogP contribution in [0.3, 0.4) is 0 Å². The molecule has 0 aromatic carbocycles. The van der Waals surface area contributed by atoms with Gasteiger partial charge < -0.3 is 53.6 Å². The van der Waals surface area contributed by atoms with Crippen LogP contribution in [-0.4, -0.2) is 119 Å². The van der Waals surface area contributed by atoms with Crippen LogP contribution < -0.4 is 0 Å². The van der Waals surface area contributed by atoms with Gasteiger partial charge in [0.2, 0.25) is 12.1 Å². The lowest BCUT2D eigenvalue weighted by Crippen LogP contribution is -2.64. The fourth-order valence-corrected chi connectivity index (χ4v) is 5.05. The maximum absolute atomic E-state index is 12.8. The molecule has 15 nitrogen and oxygen atoms in total. The van der Waals surface area contributed by atoms with Crippen LogP contribution >= 0.6 is 0 Å². The lowest BCUT2D eigenvalue weighted by Gasteiger charge is -2.45. The average molecular weight is 679 g/mol. The second-order valence-corrected chi connectivity index (χ2v) is 13.9. The molecule has 0 radical (unpaired) electrons. The van der Waals surface area contributed by atoms with Crippen molar-refractivity contribution < 1.29 is 72.8 Å². The molecule has 2 aliphatic heterocycles. The van der Waals surface area contributed by atoms with E-state index in [4.69, 9.17) is 33.2 Å². The third-order valence-corrected chi connectivity index (χ3v) is 7.30. The third-order valence-electron chi connectivity index (χ3n) is 7.30. The number of hydrogen-bond donors (Lipinski definition) is 4. The zero-order valence-electron chi connectivity index (χ0n) is 28.7. The van der Waals surface area contributed by atoms with Crippen LogP contribution in [-0.2, 0) is 52.3 Å². The van der Waals surface area contributed by atoms with Crippen LogP contribution in [0, 0.1) is 23.7 Å².